The zero-order valence-electron chi connectivity index (χ0n) is 26.9. The molecule has 1 aliphatic heterocycles. The third-order valence-corrected chi connectivity index (χ3v) is 17.7. The molecule has 7 aliphatic carbocycles. The second kappa shape index (κ2) is 8.08. The molecule has 0 amide bonds. The summed E-state index contributed by atoms with van der Waals surface area (Å²) in [5, 5.41) is 34.7. The van der Waals surface area contributed by atoms with Crippen LogP contribution in [0, 0.1) is 67.0 Å². The molecule has 1 saturated heterocycles. The van der Waals surface area contributed by atoms with E-state index in [1.54, 1.807) is 0 Å². The van der Waals surface area contributed by atoms with E-state index in [2.05, 4.69) is 39.8 Å². The number of carbonyl (C=O) groups is 1. The average molecular weight is 581 g/mol. The van der Waals surface area contributed by atoms with Crippen LogP contribution in [0.2, 0.25) is 0 Å². The summed E-state index contributed by atoms with van der Waals surface area (Å²) >= 11 is 0. The van der Waals surface area contributed by atoms with Crippen LogP contribution in [-0.2, 0) is 9.53 Å². The van der Waals surface area contributed by atoms with Gasteiger partial charge in [-0.2, -0.15) is 0 Å². The molecule has 0 radical (unpaired) electrons. The van der Waals surface area contributed by atoms with Gasteiger partial charge < -0.3 is 20.1 Å². The van der Waals surface area contributed by atoms with Gasteiger partial charge in [-0.1, -0.05) is 46.3 Å². The molecule has 42 heavy (non-hydrogen) atoms. The van der Waals surface area contributed by atoms with E-state index < -0.39 is 17.2 Å². The Morgan fingerprint density at radius 2 is 1.71 bits per heavy atom. The molecule has 6 saturated carbocycles. The van der Waals surface area contributed by atoms with Crippen LogP contribution in [0.4, 0.5) is 0 Å². The topological polar surface area (TPSA) is 87.0 Å². The van der Waals surface area contributed by atoms with E-state index in [1.807, 2.05) is 6.92 Å². The van der Waals surface area contributed by atoms with Crippen LogP contribution in [0.25, 0.3) is 0 Å². The van der Waals surface area contributed by atoms with E-state index in [0.29, 0.717) is 30.8 Å². The first-order valence-corrected chi connectivity index (χ1v) is 17.6. The van der Waals surface area contributed by atoms with Crippen molar-refractivity contribution in [2.24, 2.45) is 67.0 Å². The molecule has 0 unspecified atom stereocenters. The van der Waals surface area contributed by atoms with Crippen molar-refractivity contribution in [3.05, 3.63) is 12.2 Å². The lowest BCUT2D eigenvalue weighted by molar-refractivity contribution is -0.379. The van der Waals surface area contributed by atoms with E-state index in [1.165, 1.54) is 12.8 Å². The smallest absolute Gasteiger partial charge is 0.309 e. The number of carboxylic acid groups (broad SMARTS) is 1. The molecule has 4 bridgehead atoms. The molecule has 13 atom stereocenters. The van der Waals surface area contributed by atoms with Crippen molar-refractivity contribution in [2.75, 3.05) is 13.2 Å². The van der Waals surface area contributed by atoms with Gasteiger partial charge in [0.15, 0.2) is 5.79 Å². The van der Waals surface area contributed by atoms with Crippen LogP contribution in [0.5, 0.6) is 0 Å². The number of hydrogen-bond acceptors (Lipinski definition) is 4. The monoisotopic (exact) mass is 580 g/mol. The van der Waals surface area contributed by atoms with Gasteiger partial charge in [0.2, 0.25) is 0 Å². The van der Waals surface area contributed by atoms with Gasteiger partial charge in [-0.05, 0) is 123 Å². The van der Waals surface area contributed by atoms with Crippen LogP contribution in [0.1, 0.15) is 125 Å². The highest BCUT2D eigenvalue weighted by Crippen LogP contribution is 2.90. The summed E-state index contributed by atoms with van der Waals surface area (Å²) in [6.45, 7) is 12.8. The molecule has 8 aliphatic rings. The molecule has 0 aromatic heterocycles. The van der Waals surface area contributed by atoms with E-state index >= 15 is 0 Å². The van der Waals surface area contributed by atoms with Crippen molar-refractivity contribution < 1.29 is 24.9 Å². The number of ether oxygens (including phenoxy) is 1. The van der Waals surface area contributed by atoms with Crippen molar-refractivity contribution in [1.82, 2.24) is 0 Å². The fourth-order valence-corrected chi connectivity index (χ4v) is 15.9. The molecule has 2 spiro atoms. The number of hydrogen-bond donors (Lipinski definition) is 3. The van der Waals surface area contributed by atoms with Crippen LogP contribution < -0.4 is 0 Å². The predicted octanol–water partition coefficient (Wildman–Crippen LogP) is 7.35. The van der Waals surface area contributed by atoms with Crippen molar-refractivity contribution in [2.45, 2.75) is 130 Å². The average Bonchev–Trinajstić information content (AvgIpc) is 3.14. The molecule has 1 heterocycles. The van der Waals surface area contributed by atoms with E-state index in [9.17, 15) is 20.1 Å². The second-order valence-corrected chi connectivity index (χ2v) is 18.3. The molecule has 5 nitrogen and oxygen atoms in total. The van der Waals surface area contributed by atoms with Gasteiger partial charge >= 0.3 is 5.97 Å². The summed E-state index contributed by atoms with van der Waals surface area (Å²) < 4.78 is 6.58. The highest BCUT2D eigenvalue weighted by molar-refractivity contribution is 5.74. The van der Waals surface area contributed by atoms with E-state index in [4.69, 9.17) is 4.74 Å². The summed E-state index contributed by atoms with van der Waals surface area (Å²) in [5.74, 6) is -0.194. The predicted molar refractivity (Wildman–Crippen MR) is 161 cm³/mol. The summed E-state index contributed by atoms with van der Waals surface area (Å²) in [5.41, 5.74) is -0.947. The molecule has 0 aromatic carbocycles. The van der Waals surface area contributed by atoms with E-state index in [-0.39, 0.29) is 50.4 Å². The Morgan fingerprint density at radius 1 is 0.952 bits per heavy atom. The van der Waals surface area contributed by atoms with Crippen molar-refractivity contribution in [1.29, 1.82) is 0 Å². The molecule has 234 valence electrons. The Labute approximate surface area is 253 Å². The number of aliphatic hydroxyl groups is 2. The summed E-state index contributed by atoms with van der Waals surface area (Å²) in [4.78, 5) is 12.6. The highest BCUT2D eigenvalue weighted by atomic mass is 16.6. The van der Waals surface area contributed by atoms with Crippen molar-refractivity contribution >= 4 is 5.97 Å². The fourth-order valence-electron chi connectivity index (χ4n) is 15.9. The van der Waals surface area contributed by atoms with Gasteiger partial charge in [-0.3, -0.25) is 4.79 Å². The Bertz CT molecular complexity index is 1250. The molecule has 0 aromatic rings. The third-order valence-electron chi connectivity index (χ3n) is 17.7. The van der Waals surface area contributed by atoms with Crippen molar-refractivity contribution in [3.63, 3.8) is 0 Å². The Balaban J connectivity index is 1.33. The zero-order valence-corrected chi connectivity index (χ0v) is 26.9. The maximum Gasteiger partial charge on any atom is 0.309 e. The van der Waals surface area contributed by atoms with Gasteiger partial charge in [-0.15, -0.1) is 0 Å². The first-order chi connectivity index (χ1) is 19.7. The number of aliphatic carboxylic acids is 1. The minimum atomic E-state index is -1.08. The Kier molecular flexibility index (Phi) is 5.49. The maximum atomic E-state index is 12.6. The number of allylic oxidation sites excluding steroid dienone is 2. The molecule has 7 fully saturated rings. The molecular formula is C37H56O5. The number of carboxylic acids is 1. The van der Waals surface area contributed by atoms with Crippen LogP contribution in [0.3, 0.4) is 0 Å². The lowest BCUT2D eigenvalue weighted by Gasteiger charge is -2.84. The first-order valence-electron chi connectivity index (χ1n) is 17.6. The molecular weight excluding hydrogens is 524 g/mol. The van der Waals surface area contributed by atoms with Crippen LogP contribution >= 0.6 is 0 Å². The Morgan fingerprint density at radius 3 is 2.43 bits per heavy atom. The van der Waals surface area contributed by atoms with Gasteiger partial charge in [0, 0.05) is 28.6 Å². The minimum absolute atomic E-state index is 0.000785. The largest absolute Gasteiger partial charge is 0.481 e. The number of fused-ring (bicyclic) bond motifs is 5. The van der Waals surface area contributed by atoms with Crippen LogP contribution in [0.15, 0.2) is 12.2 Å². The number of aliphatic hydroxyl groups excluding tert-OH is 1. The standard InChI is InChI=1S/C37H56O5/c1-6-8-26-34-14-10-25-31(4)18-17-29(2)15-16-30(3,28(39)40)20-27(29)32(31,5)19-24-9-13-33(21-36(26,41)42-23-34)11-7-12-35(24,25)37(33,34)22-38/h7,11,24-27,38,41H,6,8-10,12-23H2,1-5H3,(H,39,40)/t24-,25-,26-,27-,29-,30-,31-,32+,33+,34+,35-,36+,37-/m1/s1. The van der Waals surface area contributed by atoms with Gasteiger partial charge in [0.05, 0.1) is 18.6 Å². The van der Waals surface area contributed by atoms with Gasteiger partial charge in [0.25, 0.3) is 0 Å². The minimum Gasteiger partial charge on any atom is -0.481 e. The SMILES string of the molecule is CCC[C@@H]1[C@]23CC[C@H]4[C@@]56CC=C[C@](CC[C@@H]5C[C@@]5(C)[C@@H]7C[C@](C)(C(=O)O)CC[C@]7(C)CC[C@]45C)(C[C@]1(O)OC2)[C@]36CO. The third kappa shape index (κ3) is 2.66. The van der Waals surface area contributed by atoms with Crippen LogP contribution in [-0.4, -0.2) is 40.3 Å². The molecule has 3 N–H and O–H groups in total. The highest BCUT2D eigenvalue weighted by Gasteiger charge is 2.88. The quantitative estimate of drug-likeness (QED) is 0.303. The summed E-state index contributed by atoms with van der Waals surface area (Å²) in [6, 6.07) is 0. The lowest BCUT2D eigenvalue weighted by Crippen LogP contribution is -2.82. The Hall–Kier alpha value is -0.910. The summed E-state index contributed by atoms with van der Waals surface area (Å²) in [7, 11) is 0. The molecule has 5 heteroatoms. The maximum absolute atomic E-state index is 12.6. The first kappa shape index (κ1) is 28.6. The van der Waals surface area contributed by atoms with E-state index in [0.717, 1.165) is 70.6 Å². The zero-order chi connectivity index (χ0) is 29.8. The lowest BCUT2D eigenvalue weighted by atomic mass is 9.19. The summed E-state index contributed by atoms with van der Waals surface area (Å²) in [6.07, 6.45) is 19.2. The van der Waals surface area contributed by atoms with Gasteiger partial charge in [-0.25, -0.2) is 0 Å². The molecule has 8 rings (SSSR count). The normalized spacial score (nSPS) is 62.1. The fraction of sp³-hybridized carbons (Fsp3) is 0.919. The van der Waals surface area contributed by atoms with Gasteiger partial charge in [0.1, 0.15) is 0 Å². The van der Waals surface area contributed by atoms with Crippen molar-refractivity contribution in [3.8, 4) is 0 Å². The second-order valence-electron chi connectivity index (χ2n) is 18.3. The number of rotatable bonds is 4.